The fourth-order valence-corrected chi connectivity index (χ4v) is 4.74. The zero-order chi connectivity index (χ0) is 25.3. The minimum Gasteiger partial charge on any atom is -0.497 e. The van der Waals surface area contributed by atoms with Crippen molar-refractivity contribution in [1.82, 2.24) is 14.8 Å². The summed E-state index contributed by atoms with van der Waals surface area (Å²) in [6.45, 7) is 3.44. The summed E-state index contributed by atoms with van der Waals surface area (Å²) in [5.41, 5.74) is 3.35. The number of unbranched alkanes of at least 4 members (excludes halogenated alkanes) is 3. The number of carbonyl (C=O) groups is 2. The summed E-state index contributed by atoms with van der Waals surface area (Å²) in [5.74, 6) is 0.937. The lowest BCUT2D eigenvalue weighted by Gasteiger charge is -2.28. The van der Waals surface area contributed by atoms with Crippen molar-refractivity contribution < 1.29 is 14.3 Å². The van der Waals surface area contributed by atoms with Crippen LogP contribution in [0.25, 0.3) is 10.9 Å². The summed E-state index contributed by atoms with van der Waals surface area (Å²) in [6, 6.07) is 16.3. The first-order chi connectivity index (χ1) is 17.6. The molecule has 0 spiro atoms. The van der Waals surface area contributed by atoms with Crippen LogP contribution in [0.5, 0.6) is 5.75 Å². The Hall–Kier alpha value is -3.28. The van der Waals surface area contributed by atoms with Gasteiger partial charge in [-0.1, -0.05) is 56.5 Å². The first-order valence-corrected chi connectivity index (χ1v) is 13.3. The van der Waals surface area contributed by atoms with Crippen molar-refractivity contribution in [3.8, 4) is 5.75 Å². The Morgan fingerprint density at radius 1 is 1.00 bits per heavy atom. The molecule has 3 aromatic rings. The maximum atomic E-state index is 13.6. The first kappa shape index (κ1) is 25.8. The highest BCUT2D eigenvalue weighted by atomic mass is 16.5. The fraction of sp³-hybridized carbons (Fsp3) is 0.467. The van der Waals surface area contributed by atoms with E-state index in [9.17, 15) is 9.59 Å². The molecule has 2 aromatic carbocycles. The van der Waals surface area contributed by atoms with E-state index in [0.717, 1.165) is 61.8 Å². The van der Waals surface area contributed by atoms with Crippen LogP contribution < -0.4 is 4.74 Å². The van der Waals surface area contributed by atoms with E-state index in [1.54, 1.807) is 7.11 Å². The van der Waals surface area contributed by atoms with Crippen LogP contribution in [0.2, 0.25) is 0 Å². The van der Waals surface area contributed by atoms with Gasteiger partial charge in [0.05, 0.1) is 7.11 Å². The molecule has 4 rings (SSSR count). The van der Waals surface area contributed by atoms with Crippen molar-refractivity contribution in [2.75, 3.05) is 20.2 Å². The molecule has 2 amide bonds. The third-order valence-corrected chi connectivity index (χ3v) is 7.07. The van der Waals surface area contributed by atoms with Gasteiger partial charge in [0.1, 0.15) is 12.3 Å². The van der Waals surface area contributed by atoms with Crippen LogP contribution in [0, 0.1) is 0 Å². The Labute approximate surface area is 214 Å². The van der Waals surface area contributed by atoms with E-state index in [0.29, 0.717) is 19.5 Å². The standard InChI is InChI=1S/C30H39N3O3/c1-3-4-5-6-11-29(34)33(25-14-15-25)22-30(35)32(21-23-12-16-26(36-2)17-13-23)19-18-24-20-31-28-10-8-7-9-27(24)28/h7-10,12-13,16-17,20,25,31H,3-6,11,14-15,18-19,21-22H2,1-2H3. The van der Waals surface area contributed by atoms with Gasteiger partial charge in [-0.2, -0.15) is 0 Å². The predicted molar refractivity (Wildman–Crippen MR) is 144 cm³/mol. The van der Waals surface area contributed by atoms with Crippen molar-refractivity contribution in [2.24, 2.45) is 0 Å². The minimum atomic E-state index is 0.0134. The highest BCUT2D eigenvalue weighted by Gasteiger charge is 2.34. The van der Waals surface area contributed by atoms with Gasteiger partial charge in [-0.15, -0.1) is 0 Å². The lowest BCUT2D eigenvalue weighted by atomic mass is 10.1. The zero-order valence-electron chi connectivity index (χ0n) is 21.7. The fourth-order valence-electron chi connectivity index (χ4n) is 4.74. The van der Waals surface area contributed by atoms with Crippen molar-refractivity contribution in [1.29, 1.82) is 0 Å². The summed E-state index contributed by atoms with van der Waals surface area (Å²) in [6.07, 6.45) is 9.61. The van der Waals surface area contributed by atoms with Crippen LogP contribution in [0.15, 0.2) is 54.7 Å². The molecule has 0 atom stereocenters. The van der Waals surface area contributed by atoms with Gasteiger partial charge < -0.3 is 19.5 Å². The van der Waals surface area contributed by atoms with E-state index in [1.807, 2.05) is 52.4 Å². The third kappa shape index (κ3) is 6.90. The monoisotopic (exact) mass is 489 g/mol. The number of carbonyl (C=O) groups excluding carboxylic acids is 2. The molecule has 6 heteroatoms. The number of benzene rings is 2. The van der Waals surface area contributed by atoms with Gasteiger partial charge in [0.15, 0.2) is 0 Å². The first-order valence-electron chi connectivity index (χ1n) is 13.3. The number of rotatable bonds is 14. The number of nitrogens with zero attached hydrogens (tertiary/aromatic N) is 2. The molecular formula is C30H39N3O3. The molecule has 192 valence electrons. The number of aromatic nitrogens is 1. The molecule has 36 heavy (non-hydrogen) atoms. The number of aromatic amines is 1. The molecule has 6 nitrogen and oxygen atoms in total. The summed E-state index contributed by atoms with van der Waals surface area (Å²) < 4.78 is 5.29. The number of ether oxygens (including phenoxy) is 1. The molecule has 0 unspecified atom stereocenters. The average molecular weight is 490 g/mol. The molecule has 0 aliphatic heterocycles. The van der Waals surface area contributed by atoms with Crippen molar-refractivity contribution in [3.05, 3.63) is 65.9 Å². The molecule has 1 fully saturated rings. The highest BCUT2D eigenvalue weighted by Crippen LogP contribution is 2.28. The molecule has 0 radical (unpaired) electrons. The van der Waals surface area contributed by atoms with Crippen LogP contribution >= 0.6 is 0 Å². The van der Waals surface area contributed by atoms with Gasteiger partial charge >= 0.3 is 0 Å². The number of methoxy groups -OCH3 is 1. The second-order valence-corrected chi connectivity index (χ2v) is 9.84. The quantitative estimate of drug-likeness (QED) is 0.295. The zero-order valence-corrected chi connectivity index (χ0v) is 21.7. The number of para-hydroxylation sites is 1. The number of hydrogen-bond donors (Lipinski definition) is 1. The van der Waals surface area contributed by atoms with Crippen molar-refractivity contribution in [3.63, 3.8) is 0 Å². The second kappa shape index (κ2) is 12.6. The highest BCUT2D eigenvalue weighted by molar-refractivity contribution is 5.86. The van der Waals surface area contributed by atoms with Gasteiger partial charge in [0, 0.05) is 42.7 Å². The van der Waals surface area contributed by atoms with Crippen LogP contribution in [0.4, 0.5) is 0 Å². The summed E-state index contributed by atoms with van der Waals surface area (Å²) in [5, 5.41) is 1.19. The lowest BCUT2D eigenvalue weighted by Crippen LogP contribution is -2.44. The van der Waals surface area contributed by atoms with E-state index in [4.69, 9.17) is 4.74 Å². The molecule has 1 N–H and O–H groups in total. The smallest absolute Gasteiger partial charge is 0.242 e. The Bertz CT molecular complexity index is 1130. The van der Waals surface area contributed by atoms with Crippen LogP contribution in [-0.2, 0) is 22.6 Å². The van der Waals surface area contributed by atoms with Gasteiger partial charge in [-0.05, 0) is 55.0 Å². The van der Waals surface area contributed by atoms with Crippen molar-refractivity contribution in [2.45, 2.75) is 70.9 Å². The van der Waals surface area contributed by atoms with E-state index >= 15 is 0 Å². The van der Waals surface area contributed by atoms with E-state index in [2.05, 4.69) is 24.0 Å². The maximum absolute atomic E-state index is 13.6. The average Bonchev–Trinajstić information content (AvgIpc) is 3.67. The van der Waals surface area contributed by atoms with Crippen LogP contribution in [0.3, 0.4) is 0 Å². The van der Waals surface area contributed by atoms with Crippen LogP contribution in [0.1, 0.15) is 63.0 Å². The lowest BCUT2D eigenvalue weighted by molar-refractivity contribution is -0.141. The van der Waals surface area contributed by atoms with Gasteiger partial charge in [0.2, 0.25) is 11.8 Å². The second-order valence-electron chi connectivity index (χ2n) is 9.84. The summed E-state index contributed by atoms with van der Waals surface area (Å²) in [7, 11) is 1.65. The van der Waals surface area contributed by atoms with Crippen LogP contribution in [-0.4, -0.2) is 52.8 Å². The molecule has 1 aliphatic rings. The Balaban J connectivity index is 1.45. The number of nitrogens with one attached hydrogen (secondary N) is 1. The molecule has 1 saturated carbocycles. The van der Waals surface area contributed by atoms with E-state index in [-0.39, 0.29) is 24.4 Å². The van der Waals surface area contributed by atoms with E-state index < -0.39 is 0 Å². The normalized spacial score (nSPS) is 13.1. The van der Waals surface area contributed by atoms with Crippen molar-refractivity contribution >= 4 is 22.7 Å². The topological polar surface area (TPSA) is 65.6 Å². The Morgan fingerprint density at radius 2 is 1.78 bits per heavy atom. The van der Waals surface area contributed by atoms with Gasteiger partial charge in [-0.25, -0.2) is 0 Å². The predicted octanol–water partition coefficient (Wildman–Crippen LogP) is 5.71. The maximum Gasteiger partial charge on any atom is 0.242 e. The van der Waals surface area contributed by atoms with Gasteiger partial charge in [-0.3, -0.25) is 9.59 Å². The molecule has 1 aromatic heterocycles. The number of amides is 2. The Kier molecular flexibility index (Phi) is 9.04. The Morgan fingerprint density at radius 3 is 2.50 bits per heavy atom. The molecular weight excluding hydrogens is 450 g/mol. The molecule has 1 aliphatic carbocycles. The minimum absolute atomic E-state index is 0.0134. The SMILES string of the molecule is CCCCCCC(=O)N(CC(=O)N(CCc1c[nH]c2ccccc12)Cc1ccc(OC)cc1)C1CC1. The number of fused-ring (bicyclic) bond motifs is 1. The number of H-pyrrole nitrogens is 1. The van der Waals surface area contributed by atoms with Gasteiger partial charge in [0.25, 0.3) is 0 Å². The van der Waals surface area contributed by atoms with E-state index in [1.165, 1.54) is 10.9 Å². The summed E-state index contributed by atoms with van der Waals surface area (Å²) >= 11 is 0. The third-order valence-electron chi connectivity index (χ3n) is 7.07. The summed E-state index contributed by atoms with van der Waals surface area (Å²) in [4.78, 5) is 33.7. The molecule has 0 saturated heterocycles. The number of hydrogen-bond acceptors (Lipinski definition) is 3. The molecule has 0 bridgehead atoms. The largest absolute Gasteiger partial charge is 0.497 e. The molecule has 1 heterocycles.